The van der Waals surface area contributed by atoms with Gasteiger partial charge in [-0.25, -0.2) is 14.2 Å². The van der Waals surface area contributed by atoms with Crippen LogP contribution in [0.5, 0.6) is 5.75 Å². The Morgan fingerprint density at radius 1 is 1.28 bits per heavy atom. The number of hydrogen-bond acceptors (Lipinski definition) is 10. The molecule has 0 spiro atoms. The highest BCUT2D eigenvalue weighted by molar-refractivity contribution is 9.11. The van der Waals surface area contributed by atoms with E-state index in [1.54, 1.807) is 39.8 Å². The zero-order valence-corrected chi connectivity index (χ0v) is 24.2. The van der Waals surface area contributed by atoms with E-state index >= 15 is 0 Å². The molecule has 4 rings (SSSR count). The summed E-state index contributed by atoms with van der Waals surface area (Å²) in [5.41, 5.74) is -0.741. The van der Waals surface area contributed by atoms with Gasteiger partial charge in [-0.2, -0.15) is 0 Å². The largest absolute Gasteiger partial charge is 0.530 e. The number of carbonyl (C=O) groups is 2. The number of aryl methyl sites for hydroxylation is 1. The predicted molar refractivity (Wildman–Crippen MR) is 142 cm³/mol. The maximum atomic E-state index is 13.2. The van der Waals surface area contributed by atoms with Crippen LogP contribution < -0.4 is 15.8 Å². The zero-order chi connectivity index (χ0) is 28.5. The number of rotatable bonds is 7. The maximum absolute atomic E-state index is 13.2. The minimum atomic E-state index is -4.07. The van der Waals surface area contributed by atoms with Gasteiger partial charge in [-0.05, 0) is 23.5 Å². The van der Waals surface area contributed by atoms with Gasteiger partial charge in [-0.15, -0.1) is 0 Å². The molecule has 2 aliphatic heterocycles. The molecule has 12 nitrogen and oxygen atoms in total. The van der Waals surface area contributed by atoms with Gasteiger partial charge in [0.1, 0.15) is 24.2 Å². The Morgan fingerprint density at radius 3 is 2.72 bits per heavy atom. The number of phosphoric ester groups is 1. The SMILES string of the molecule is Cc1cccc2c1OP(=O)(OC[C@H]1O[C@@H](n3cc(/C=C/Br)c(=O)[nH]c3=O)C[C@@H]1OC(=O)C(=O)C(C)(C)C)OC2. The van der Waals surface area contributed by atoms with Gasteiger partial charge in [0.25, 0.3) is 5.56 Å². The Balaban J connectivity index is 1.57. The summed E-state index contributed by atoms with van der Waals surface area (Å²) in [5, 5.41) is 0. The van der Waals surface area contributed by atoms with E-state index in [4.69, 9.17) is 23.0 Å². The molecule has 0 saturated carbocycles. The highest BCUT2D eigenvalue weighted by atomic mass is 79.9. The van der Waals surface area contributed by atoms with Gasteiger partial charge in [0.2, 0.25) is 5.78 Å². The number of halogens is 1. The Morgan fingerprint density at radius 2 is 2.03 bits per heavy atom. The van der Waals surface area contributed by atoms with Gasteiger partial charge in [0.05, 0.1) is 18.8 Å². The summed E-state index contributed by atoms with van der Waals surface area (Å²) in [4.78, 5) is 53.4. The molecule has 0 bridgehead atoms. The van der Waals surface area contributed by atoms with Crippen molar-refractivity contribution in [3.63, 3.8) is 0 Å². The van der Waals surface area contributed by atoms with Gasteiger partial charge in [-0.3, -0.25) is 28.2 Å². The van der Waals surface area contributed by atoms with Crippen LogP contribution in [-0.4, -0.2) is 40.1 Å². The number of nitrogens with one attached hydrogen (secondary N) is 1. The fraction of sp³-hybridized carbons (Fsp3) is 0.440. The minimum absolute atomic E-state index is 0.00240. The molecule has 210 valence electrons. The number of aromatic amines is 1. The smallest absolute Gasteiger partial charge is 0.454 e. The van der Waals surface area contributed by atoms with Gasteiger partial charge in [0, 0.05) is 23.6 Å². The van der Waals surface area contributed by atoms with Crippen LogP contribution in [0.4, 0.5) is 0 Å². The van der Waals surface area contributed by atoms with Crippen molar-refractivity contribution >= 4 is 41.6 Å². The lowest BCUT2D eigenvalue weighted by molar-refractivity contribution is -0.163. The van der Waals surface area contributed by atoms with Crippen molar-refractivity contribution in [2.45, 2.75) is 59.2 Å². The first-order valence-electron chi connectivity index (χ1n) is 12.0. The van der Waals surface area contributed by atoms with Gasteiger partial charge < -0.3 is 14.0 Å². The molecule has 1 aromatic heterocycles. The molecule has 1 unspecified atom stereocenters. The third-order valence-corrected chi connectivity index (χ3v) is 7.71. The Labute approximate surface area is 232 Å². The van der Waals surface area contributed by atoms with E-state index in [9.17, 15) is 23.7 Å². The molecule has 39 heavy (non-hydrogen) atoms. The molecule has 0 amide bonds. The van der Waals surface area contributed by atoms with Crippen LogP contribution in [0.15, 0.2) is 39.0 Å². The van der Waals surface area contributed by atoms with Crippen molar-refractivity contribution in [2.75, 3.05) is 6.61 Å². The molecule has 0 radical (unpaired) electrons. The first-order valence-corrected chi connectivity index (χ1v) is 14.4. The molecule has 1 N–H and O–H groups in total. The Kier molecular flexibility index (Phi) is 8.48. The molecular formula is C25H28BrN2O10P. The van der Waals surface area contributed by atoms with Crippen molar-refractivity contribution in [3.8, 4) is 5.75 Å². The number of fused-ring (bicyclic) bond motifs is 1. The van der Waals surface area contributed by atoms with E-state index in [-0.39, 0.29) is 18.6 Å². The van der Waals surface area contributed by atoms with Crippen molar-refractivity contribution in [1.29, 1.82) is 0 Å². The quantitative estimate of drug-likeness (QED) is 0.273. The Hall–Kier alpha value is -2.83. The first kappa shape index (κ1) is 29.2. The number of hydrogen-bond donors (Lipinski definition) is 1. The van der Waals surface area contributed by atoms with E-state index in [0.29, 0.717) is 11.3 Å². The highest BCUT2D eigenvalue weighted by Gasteiger charge is 2.44. The average Bonchev–Trinajstić information content (AvgIpc) is 3.26. The summed E-state index contributed by atoms with van der Waals surface area (Å²) in [6.07, 6.45) is -0.460. The van der Waals surface area contributed by atoms with Gasteiger partial charge in [0.15, 0.2) is 0 Å². The third kappa shape index (κ3) is 6.50. The van der Waals surface area contributed by atoms with Crippen molar-refractivity contribution < 1.29 is 37.2 Å². The minimum Gasteiger partial charge on any atom is -0.454 e. The number of ketones is 1. The number of carbonyl (C=O) groups excluding carboxylic acids is 2. The molecule has 1 fully saturated rings. The Bertz CT molecular complexity index is 1470. The van der Waals surface area contributed by atoms with E-state index in [1.165, 1.54) is 17.3 Å². The van der Waals surface area contributed by atoms with E-state index in [0.717, 1.165) is 10.1 Å². The number of nitrogens with zero attached hydrogens (tertiary/aromatic N) is 1. The lowest BCUT2D eigenvalue weighted by atomic mass is 9.91. The number of aromatic nitrogens is 2. The second-order valence-electron chi connectivity index (χ2n) is 10.1. The number of ether oxygens (including phenoxy) is 2. The molecule has 1 aromatic carbocycles. The lowest BCUT2D eigenvalue weighted by Gasteiger charge is -2.27. The highest BCUT2D eigenvalue weighted by Crippen LogP contribution is 2.55. The number of para-hydroxylation sites is 1. The van der Waals surface area contributed by atoms with E-state index in [2.05, 4.69) is 20.9 Å². The van der Waals surface area contributed by atoms with Crippen LogP contribution in [-0.2, 0) is 39.3 Å². The lowest BCUT2D eigenvalue weighted by Crippen LogP contribution is -2.37. The maximum Gasteiger partial charge on any atom is 0.530 e. The fourth-order valence-corrected chi connectivity index (χ4v) is 5.59. The number of Topliss-reactive ketones (excluding diaryl/α,β-unsaturated/α-hetero) is 1. The molecule has 2 aromatic rings. The summed E-state index contributed by atoms with van der Waals surface area (Å²) >= 11 is 3.09. The standard InChI is InChI=1S/C25H28BrN2O10P/c1-14-6-5-7-16-12-34-39(33,38-20(14)16)35-13-18-17(37-23(31)21(29)25(2,3)4)10-19(36-18)28-11-15(8-9-26)22(30)27-24(28)32/h5-9,11,17-19H,10,12-13H2,1-4H3,(H,27,30,32)/b9-8+/t17-,18+,19+,39?/m0/s1. The van der Waals surface area contributed by atoms with Crippen LogP contribution in [0, 0.1) is 12.3 Å². The average molecular weight is 627 g/mol. The van der Waals surface area contributed by atoms with Crippen molar-refractivity contribution in [2.24, 2.45) is 5.41 Å². The van der Waals surface area contributed by atoms with E-state index in [1.807, 2.05) is 6.07 Å². The van der Waals surface area contributed by atoms with Crippen LogP contribution in [0.25, 0.3) is 6.08 Å². The van der Waals surface area contributed by atoms with Crippen molar-refractivity contribution in [1.82, 2.24) is 9.55 Å². The topological polar surface area (TPSA) is 152 Å². The summed E-state index contributed by atoms with van der Waals surface area (Å²) in [6.45, 7) is 6.11. The molecule has 1 saturated heterocycles. The van der Waals surface area contributed by atoms with Crippen LogP contribution in [0.1, 0.15) is 50.1 Å². The second-order valence-corrected chi connectivity index (χ2v) is 12.2. The van der Waals surface area contributed by atoms with Crippen LogP contribution in [0.2, 0.25) is 0 Å². The molecule has 0 aliphatic carbocycles. The number of esters is 1. The summed E-state index contributed by atoms with van der Waals surface area (Å²) in [7, 11) is -4.07. The van der Waals surface area contributed by atoms with Crippen molar-refractivity contribution in [3.05, 3.63) is 66.9 Å². The van der Waals surface area contributed by atoms with Crippen LogP contribution in [0.3, 0.4) is 0 Å². The molecule has 4 atom stereocenters. The zero-order valence-electron chi connectivity index (χ0n) is 21.7. The predicted octanol–water partition coefficient (Wildman–Crippen LogP) is 3.76. The van der Waals surface area contributed by atoms with Gasteiger partial charge in [-0.1, -0.05) is 54.9 Å². The summed E-state index contributed by atoms with van der Waals surface area (Å²) in [5.74, 6) is -1.45. The summed E-state index contributed by atoms with van der Waals surface area (Å²) < 4.78 is 42.3. The third-order valence-electron chi connectivity index (χ3n) is 6.13. The summed E-state index contributed by atoms with van der Waals surface area (Å²) in [6, 6.07) is 5.39. The van der Waals surface area contributed by atoms with Crippen LogP contribution >= 0.6 is 23.8 Å². The normalized spacial score (nSPS) is 24.8. The molecule has 3 heterocycles. The number of benzene rings is 1. The molecular weight excluding hydrogens is 599 g/mol. The fourth-order valence-electron chi connectivity index (χ4n) is 4.02. The molecule has 2 aliphatic rings. The second kappa shape index (κ2) is 11.3. The van der Waals surface area contributed by atoms with E-state index < -0.39 is 61.3 Å². The number of phosphoric acid groups is 1. The number of H-pyrrole nitrogens is 1. The monoisotopic (exact) mass is 626 g/mol. The molecule has 14 heteroatoms. The van der Waals surface area contributed by atoms with Gasteiger partial charge >= 0.3 is 19.5 Å². The first-order chi connectivity index (χ1) is 18.3.